The minimum atomic E-state index is -0.531. The third-order valence-electron chi connectivity index (χ3n) is 6.24. The zero-order chi connectivity index (χ0) is 24.2. The average molecular weight is 486 g/mol. The zero-order valence-electron chi connectivity index (χ0n) is 20.6. The summed E-state index contributed by atoms with van der Waals surface area (Å²) in [6, 6.07) is 8.19. The number of aromatic nitrogens is 2. The third-order valence-corrected chi connectivity index (χ3v) is 7.48. The maximum Gasteiger partial charge on any atom is 0.133 e. The quantitative estimate of drug-likeness (QED) is 0.206. The number of anilines is 1. The first-order valence-electron chi connectivity index (χ1n) is 11.9. The summed E-state index contributed by atoms with van der Waals surface area (Å²) in [4.78, 5) is 4.56. The Hall–Kier alpha value is -2.46. The van der Waals surface area contributed by atoms with Gasteiger partial charge in [0.15, 0.2) is 0 Å². The molecular weight excluding hydrogens is 450 g/mol. The normalized spacial score (nSPS) is 13.3. The standard InChI is InChI=1S/C25H35N5O3S/c1-6-29(7-2)14-15-30-18-9-8-17(27-13-12-26-16(3)31)24-21(18)23(28-30)22-19(32-4)10-11-20(33-5)25(22)34-24/h8-11,16,26-27,31H,6-7,12-15H2,1-5H3. The molecular formula is C25H35N5O3S. The van der Waals surface area contributed by atoms with Crippen LogP contribution in [0.1, 0.15) is 20.8 Å². The van der Waals surface area contributed by atoms with E-state index in [1.807, 2.05) is 12.1 Å². The Morgan fingerprint density at radius 3 is 2.47 bits per heavy atom. The molecule has 8 nitrogen and oxygen atoms in total. The maximum absolute atomic E-state index is 9.50. The number of rotatable bonds is 12. The Labute approximate surface area is 205 Å². The topological polar surface area (TPSA) is 83.8 Å². The summed E-state index contributed by atoms with van der Waals surface area (Å²) in [7, 11) is 3.40. The van der Waals surface area contributed by atoms with Crippen molar-refractivity contribution in [3.8, 4) is 22.8 Å². The molecule has 3 N–H and O–H groups in total. The second kappa shape index (κ2) is 10.9. The van der Waals surface area contributed by atoms with Gasteiger partial charge in [-0.1, -0.05) is 25.6 Å². The van der Waals surface area contributed by atoms with Crippen LogP contribution in [0.2, 0.25) is 0 Å². The number of aliphatic hydroxyl groups excluding tert-OH is 1. The third kappa shape index (κ3) is 4.70. The van der Waals surface area contributed by atoms with Gasteiger partial charge in [0.2, 0.25) is 0 Å². The minimum Gasteiger partial charge on any atom is -0.496 e. The Morgan fingerprint density at radius 1 is 1.06 bits per heavy atom. The lowest BCUT2D eigenvalue weighted by atomic mass is 10.0. The molecule has 1 aliphatic rings. The van der Waals surface area contributed by atoms with Crippen LogP contribution in [0, 0.1) is 0 Å². The molecule has 1 unspecified atom stereocenters. The number of benzene rings is 2. The molecule has 3 aromatic rings. The number of hydrogen-bond donors (Lipinski definition) is 3. The molecule has 0 amide bonds. The van der Waals surface area contributed by atoms with Crippen molar-refractivity contribution in [2.24, 2.45) is 0 Å². The number of nitrogens with one attached hydrogen (secondary N) is 2. The van der Waals surface area contributed by atoms with Crippen LogP contribution in [-0.2, 0) is 6.54 Å². The number of methoxy groups -OCH3 is 2. The fourth-order valence-electron chi connectivity index (χ4n) is 4.39. The Balaban J connectivity index is 1.81. The highest BCUT2D eigenvalue weighted by molar-refractivity contribution is 8.00. The van der Waals surface area contributed by atoms with Crippen molar-refractivity contribution < 1.29 is 14.6 Å². The molecule has 1 atom stereocenters. The van der Waals surface area contributed by atoms with E-state index in [4.69, 9.17) is 14.6 Å². The van der Waals surface area contributed by atoms with E-state index in [2.05, 4.69) is 46.2 Å². The first kappa shape index (κ1) is 24.7. The second-order valence-electron chi connectivity index (χ2n) is 8.27. The number of nitrogens with zero attached hydrogens (tertiary/aromatic N) is 3. The van der Waals surface area contributed by atoms with Gasteiger partial charge in [-0.3, -0.25) is 10.00 Å². The molecule has 0 saturated carbocycles. The minimum absolute atomic E-state index is 0.531. The lowest BCUT2D eigenvalue weighted by Crippen LogP contribution is -2.30. The lowest BCUT2D eigenvalue weighted by molar-refractivity contribution is 0.159. The van der Waals surface area contributed by atoms with Gasteiger partial charge in [-0.05, 0) is 44.3 Å². The molecule has 4 rings (SSSR count). The number of hydrogen-bond acceptors (Lipinski definition) is 8. The van der Waals surface area contributed by atoms with Gasteiger partial charge in [-0.15, -0.1) is 0 Å². The SMILES string of the molecule is CCN(CC)CCn1nc2c3c(c(NCCNC(C)O)ccc31)Sc1c(OC)ccc(OC)c1-2. The molecule has 184 valence electrons. The molecule has 0 spiro atoms. The molecule has 34 heavy (non-hydrogen) atoms. The summed E-state index contributed by atoms with van der Waals surface area (Å²) >= 11 is 1.69. The number of ether oxygens (including phenoxy) is 2. The Morgan fingerprint density at radius 2 is 1.79 bits per heavy atom. The highest BCUT2D eigenvalue weighted by Gasteiger charge is 2.31. The van der Waals surface area contributed by atoms with Gasteiger partial charge in [-0.2, -0.15) is 5.10 Å². The van der Waals surface area contributed by atoms with E-state index in [9.17, 15) is 5.11 Å². The largest absolute Gasteiger partial charge is 0.496 e. The molecule has 0 radical (unpaired) electrons. The average Bonchev–Trinajstić information content (AvgIpc) is 3.22. The number of aliphatic hydroxyl groups is 1. The molecule has 9 heteroatoms. The summed E-state index contributed by atoms with van der Waals surface area (Å²) in [5.74, 6) is 1.60. The van der Waals surface area contributed by atoms with Crippen LogP contribution in [0.25, 0.3) is 22.2 Å². The maximum atomic E-state index is 9.50. The van der Waals surface area contributed by atoms with Gasteiger partial charge < -0.3 is 24.8 Å². The predicted octanol–water partition coefficient (Wildman–Crippen LogP) is 3.87. The fraction of sp³-hybridized carbons (Fsp3) is 0.480. The van der Waals surface area contributed by atoms with E-state index in [0.717, 1.165) is 75.3 Å². The number of likely N-dealkylation sites (N-methyl/N-ethyl adjacent to an activating group) is 1. The van der Waals surface area contributed by atoms with E-state index in [1.54, 1.807) is 32.9 Å². The summed E-state index contributed by atoms with van der Waals surface area (Å²) < 4.78 is 13.6. The summed E-state index contributed by atoms with van der Waals surface area (Å²) in [6.07, 6.45) is -0.531. The van der Waals surface area contributed by atoms with Gasteiger partial charge in [0.1, 0.15) is 23.4 Å². The van der Waals surface area contributed by atoms with Gasteiger partial charge in [0.25, 0.3) is 0 Å². The van der Waals surface area contributed by atoms with E-state index in [1.165, 1.54) is 0 Å². The van der Waals surface area contributed by atoms with Crippen molar-refractivity contribution in [2.45, 2.75) is 43.3 Å². The van der Waals surface area contributed by atoms with Crippen molar-refractivity contribution in [1.82, 2.24) is 20.0 Å². The highest BCUT2D eigenvalue weighted by Crippen LogP contribution is 2.56. The smallest absolute Gasteiger partial charge is 0.133 e. The predicted molar refractivity (Wildman–Crippen MR) is 138 cm³/mol. The van der Waals surface area contributed by atoms with Crippen LogP contribution in [0.5, 0.6) is 11.5 Å². The van der Waals surface area contributed by atoms with E-state index in [0.29, 0.717) is 13.1 Å². The van der Waals surface area contributed by atoms with Crippen LogP contribution < -0.4 is 20.1 Å². The molecule has 0 saturated heterocycles. The number of fused-ring (bicyclic) bond motifs is 2. The van der Waals surface area contributed by atoms with Gasteiger partial charge in [-0.25, -0.2) is 0 Å². The lowest BCUT2D eigenvalue weighted by Gasteiger charge is -2.22. The van der Waals surface area contributed by atoms with Crippen LogP contribution >= 0.6 is 11.8 Å². The van der Waals surface area contributed by atoms with Crippen molar-refractivity contribution in [3.63, 3.8) is 0 Å². The summed E-state index contributed by atoms with van der Waals surface area (Å²) in [6.45, 7) is 11.3. The summed E-state index contributed by atoms with van der Waals surface area (Å²) in [5, 5.41) is 22.3. The molecule has 1 aliphatic heterocycles. The van der Waals surface area contributed by atoms with Gasteiger partial charge >= 0.3 is 0 Å². The van der Waals surface area contributed by atoms with E-state index >= 15 is 0 Å². The molecule has 0 aliphatic carbocycles. The molecule has 1 aromatic heterocycles. The molecule has 0 bridgehead atoms. The highest BCUT2D eigenvalue weighted by atomic mass is 32.2. The first-order valence-corrected chi connectivity index (χ1v) is 12.7. The molecule has 2 heterocycles. The second-order valence-corrected chi connectivity index (χ2v) is 9.29. The van der Waals surface area contributed by atoms with E-state index < -0.39 is 6.23 Å². The van der Waals surface area contributed by atoms with Crippen LogP contribution in [0.15, 0.2) is 34.1 Å². The van der Waals surface area contributed by atoms with Crippen molar-refractivity contribution in [2.75, 3.05) is 52.3 Å². The molecule has 0 fully saturated rings. The van der Waals surface area contributed by atoms with Crippen molar-refractivity contribution in [3.05, 3.63) is 24.3 Å². The Kier molecular flexibility index (Phi) is 7.88. The Bertz CT molecular complexity index is 1140. The first-order chi connectivity index (χ1) is 16.5. The van der Waals surface area contributed by atoms with E-state index in [-0.39, 0.29) is 0 Å². The van der Waals surface area contributed by atoms with Crippen LogP contribution in [0.4, 0.5) is 5.69 Å². The molecule has 2 aromatic carbocycles. The summed E-state index contributed by atoms with van der Waals surface area (Å²) in [5.41, 5.74) is 4.08. The van der Waals surface area contributed by atoms with Crippen LogP contribution in [0.3, 0.4) is 0 Å². The van der Waals surface area contributed by atoms with Crippen molar-refractivity contribution in [1.29, 1.82) is 0 Å². The zero-order valence-corrected chi connectivity index (χ0v) is 21.5. The van der Waals surface area contributed by atoms with Crippen molar-refractivity contribution >= 4 is 28.4 Å². The monoisotopic (exact) mass is 485 g/mol. The fourth-order valence-corrected chi connectivity index (χ4v) is 5.70. The van der Waals surface area contributed by atoms with Gasteiger partial charge in [0.05, 0.1) is 36.7 Å². The van der Waals surface area contributed by atoms with Crippen LogP contribution in [-0.4, -0.2) is 73.0 Å². The van der Waals surface area contributed by atoms with Gasteiger partial charge in [0, 0.05) is 35.6 Å².